The molecule has 1 aromatic carbocycles. The second-order valence-corrected chi connectivity index (χ2v) is 6.04. The van der Waals surface area contributed by atoms with Gasteiger partial charge in [0.2, 0.25) is 0 Å². The topological polar surface area (TPSA) is 51.7 Å². The number of aromatic nitrogens is 1. The summed E-state index contributed by atoms with van der Waals surface area (Å²) in [5, 5.41) is 1.95. The first-order chi connectivity index (χ1) is 10.6. The van der Waals surface area contributed by atoms with Crippen LogP contribution in [-0.4, -0.2) is 40.1 Å². The number of carbonyl (C=O) groups is 1. The summed E-state index contributed by atoms with van der Waals surface area (Å²) in [4.78, 5) is 17.6. The van der Waals surface area contributed by atoms with Gasteiger partial charge in [0, 0.05) is 29.2 Å². The Bertz CT molecular complexity index is 687. The zero-order valence-corrected chi connectivity index (χ0v) is 13.4. The number of hydrogen-bond acceptors (Lipinski definition) is 5. The minimum Gasteiger partial charge on any atom is -0.475 e. The van der Waals surface area contributed by atoms with Gasteiger partial charge in [-0.05, 0) is 26.0 Å². The molecule has 0 N–H and O–H groups in total. The van der Waals surface area contributed by atoms with Gasteiger partial charge in [0.1, 0.15) is 5.75 Å². The summed E-state index contributed by atoms with van der Waals surface area (Å²) in [5.41, 5.74) is -0.522. The highest BCUT2D eigenvalue weighted by Gasteiger charge is 2.37. The summed E-state index contributed by atoms with van der Waals surface area (Å²) >= 11 is 4.47. The van der Waals surface area contributed by atoms with E-state index in [1.54, 1.807) is 17.3 Å². The standard InChI is InChI=1S/C16H18N2O3S/c1-10(2)18-9-14(21-16(18)19)15(22)20-13-5-3-4-11-8-17-7-6-12(11)13/h3-8,10,14-15,22H,9H2,1-2H3. The average molecular weight is 318 g/mol. The normalized spacial score (nSPS) is 19.5. The first kappa shape index (κ1) is 15.0. The smallest absolute Gasteiger partial charge is 0.410 e. The fraction of sp³-hybridized carbons (Fsp3) is 0.375. The van der Waals surface area contributed by atoms with Crippen LogP contribution in [0.15, 0.2) is 36.7 Å². The Morgan fingerprint density at radius 1 is 1.41 bits per heavy atom. The molecule has 2 atom stereocenters. The lowest BCUT2D eigenvalue weighted by Gasteiger charge is -2.20. The molecule has 1 saturated heterocycles. The first-order valence-electron chi connectivity index (χ1n) is 7.21. The Labute approximate surface area is 134 Å². The number of nitrogens with zero attached hydrogens (tertiary/aromatic N) is 2. The van der Waals surface area contributed by atoms with Crippen molar-refractivity contribution in [1.82, 2.24) is 9.88 Å². The summed E-state index contributed by atoms with van der Waals surface area (Å²) in [6, 6.07) is 7.75. The van der Waals surface area contributed by atoms with E-state index >= 15 is 0 Å². The predicted molar refractivity (Wildman–Crippen MR) is 87.3 cm³/mol. The third-order valence-corrected chi connectivity index (χ3v) is 4.13. The van der Waals surface area contributed by atoms with Gasteiger partial charge >= 0.3 is 6.09 Å². The van der Waals surface area contributed by atoms with E-state index in [1.165, 1.54) is 0 Å². The molecule has 6 heteroatoms. The Hall–Kier alpha value is -1.95. The largest absolute Gasteiger partial charge is 0.475 e. The molecule has 1 fully saturated rings. The molecule has 0 spiro atoms. The van der Waals surface area contributed by atoms with Crippen LogP contribution in [0, 0.1) is 0 Å². The average Bonchev–Trinajstić information content (AvgIpc) is 2.90. The van der Waals surface area contributed by atoms with Crippen LogP contribution in [0.1, 0.15) is 13.8 Å². The van der Waals surface area contributed by atoms with Crippen LogP contribution in [0.3, 0.4) is 0 Å². The van der Waals surface area contributed by atoms with Crippen molar-refractivity contribution in [1.29, 1.82) is 0 Å². The van der Waals surface area contributed by atoms with Gasteiger partial charge < -0.3 is 14.4 Å². The van der Waals surface area contributed by atoms with Crippen LogP contribution < -0.4 is 4.74 Å². The molecule has 0 radical (unpaired) electrons. The molecule has 1 aliphatic rings. The second-order valence-electron chi connectivity index (χ2n) is 5.53. The molecule has 2 aromatic rings. The van der Waals surface area contributed by atoms with Crippen molar-refractivity contribution in [2.75, 3.05) is 6.54 Å². The van der Waals surface area contributed by atoms with Crippen molar-refractivity contribution >= 4 is 29.5 Å². The van der Waals surface area contributed by atoms with E-state index in [-0.39, 0.29) is 12.1 Å². The summed E-state index contributed by atoms with van der Waals surface area (Å²) < 4.78 is 11.3. The highest BCUT2D eigenvalue weighted by molar-refractivity contribution is 7.80. The van der Waals surface area contributed by atoms with Crippen molar-refractivity contribution in [2.24, 2.45) is 0 Å². The van der Waals surface area contributed by atoms with E-state index in [1.807, 2.05) is 38.1 Å². The van der Waals surface area contributed by atoms with E-state index in [0.717, 1.165) is 10.8 Å². The maximum absolute atomic E-state index is 11.8. The maximum Gasteiger partial charge on any atom is 0.410 e. The molecule has 116 valence electrons. The van der Waals surface area contributed by atoms with Crippen molar-refractivity contribution in [3.63, 3.8) is 0 Å². The minimum atomic E-state index is -0.522. The molecule has 1 aromatic heterocycles. The van der Waals surface area contributed by atoms with Crippen molar-refractivity contribution in [3.8, 4) is 5.75 Å². The number of fused-ring (bicyclic) bond motifs is 1. The zero-order valence-electron chi connectivity index (χ0n) is 12.5. The number of cyclic esters (lactones) is 1. The van der Waals surface area contributed by atoms with E-state index in [0.29, 0.717) is 12.3 Å². The Morgan fingerprint density at radius 3 is 2.95 bits per heavy atom. The lowest BCUT2D eigenvalue weighted by molar-refractivity contribution is 0.0902. The van der Waals surface area contributed by atoms with Gasteiger partial charge in [0.15, 0.2) is 11.5 Å². The molecule has 2 heterocycles. The molecule has 22 heavy (non-hydrogen) atoms. The zero-order chi connectivity index (χ0) is 15.7. The Balaban J connectivity index is 1.77. The third-order valence-electron chi connectivity index (χ3n) is 3.69. The number of benzene rings is 1. The summed E-state index contributed by atoms with van der Waals surface area (Å²) in [6.07, 6.45) is 2.80. The summed E-state index contributed by atoms with van der Waals surface area (Å²) in [6.45, 7) is 4.39. The van der Waals surface area contributed by atoms with Gasteiger partial charge in [-0.1, -0.05) is 12.1 Å². The monoisotopic (exact) mass is 318 g/mol. The van der Waals surface area contributed by atoms with Crippen LogP contribution in [0.25, 0.3) is 10.8 Å². The quantitative estimate of drug-likeness (QED) is 0.695. The molecule has 0 bridgehead atoms. The molecule has 0 aliphatic carbocycles. The second kappa shape index (κ2) is 6.04. The summed E-state index contributed by atoms with van der Waals surface area (Å²) in [7, 11) is 0. The molecule has 3 rings (SSSR count). The molecule has 1 aliphatic heterocycles. The van der Waals surface area contributed by atoms with Crippen molar-refractivity contribution in [3.05, 3.63) is 36.7 Å². The number of pyridine rings is 1. The number of amides is 1. The van der Waals surface area contributed by atoms with Gasteiger partial charge in [-0.15, -0.1) is 12.6 Å². The van der Waals surface area contributed by atoms with Gasteiger partial charge in [-0.3, -0.25) is 4.98 Å². The minimum absolute atomic E-state index is 0.0988. The van der Waals surface area contributed by atoms with Gasteiger partial charge in [-0.2, -0.15) is 0 Å². The van der Waals surface area contributed by atoms with Gasteiger partial charge in [-0.25, -0.2) is 4.79 Å². The molecular formula is C16H18N2O3S. The number of ether oxygens (including phenoxy) is 2. The fourth-order valence-corrected chi connectivity index (χ4v) is 2.74. The number of thiol groups is 1. The first-order valence-corrected chi connectivity index (χ1v) is 7.72. The summed E-state index contributed by atoms with van der Waals surface area (Å²) in [5.74, 6) is 0.707. The van der Waals surface area contributed by atoms with Crippen LogP contribution in [0.2, 0.25) is 0 Å². The predicted octanol–water partition coefficient (Wildman–Crippen LogP) is 3.10. The molecule has 5 nitrogen and oxygen atoms in total. The fourth-order valence-electron chi connectivity index (χ4n) is 2.47. The van der Waals surface area contributed by atoms with Crippen LogP contribution in [0.5, 0.6) is 5.75 Å². The third kappa shape index (κ3) is 2.83. The van der Waals surface area contributed by atoms with Crippen LogP contribution in [-0.2, 0) is 4.74 Å². The molecule has 2 unspecified atom stereocenters. The molecule has 0 saturated carbocycles. The SMILES string of the molecule is CC(C)N1CC(C(S)Oc2cccc3cnccc23)OC1=O. The molecular weight excluding hydrogens is 300 g/mol. The lowest BCUT2D eigenvalue weighted by atomic mass is 10.1. The van der Waals surface area contributed by atoms with Gasteiger partial charge in [0.25, 0.3) is 0 Å². The van der Waals surface area contributed by atoms with E-state index in [2.05, 4.69) is 17.6 Å². The molecule has 1 amide bonds. The van der Waals surface area contributed by atoms with Crippen LogP contribution >= 0.6 is 12.6 Å². The van der Waals surface area contributed by atoms with E-state index in [9.17, 15) is 4.79 Å². The highest BCUT2D eigenvalue weighted by Crippen LogP contribution is 2.28. The van der Waals surface area contributed by atoms with E-state index in [4.69, 9.17) is 9.47 Å². The lowest BCUT2D eigenvalue weighted by Crippen LogP contribution is -2.34. The maximum atomic E-state index is 11.8. The number of carbonyl (C=O) groups excluding carboxylic acids is 1. The van der Waals surface area contributed by atoms with Crippen molar-refractivity contribution < 1.29 is 14.3 Å². The van der Waals surface area contributed by atoms with Crippen molar-refractivity contribution in [2.45, 2.75) is 31.4 Å². The number of hydrogen-bond donors (Lipinski definition) is 1. The Kier molecular flexibility index (Phi) is 4.11. The van der Waals surface area contributed by atoms with Crippen LogP contribution in [0.4, 0.5) is 4.79 Å². The highest BCUT2D eigenvalue weighted by atomic mass is 32.1. The number of rotatable bonds is 4. The van der Waals surface area contributed by atoms with E-state index < -0.39 is 11.5 Å². The van der Waals surface area contributed by atoms with Gasteiger partial charge in [0.05, 0.1) is 6.54 Å². The Morgan fingerprint density at radius 2 is 2.23 bits per heavy atom.